The van der Waals surface area contributed by atoms with Gasteiger partial charge in [-0.15, -0.1) is 0 Å². The van der Waals surface area contributed by atoms with Crippen LogP contribution in [0.3, 0.4) is 0 Å². The molecule has 1 amide bonds. The van der Waals surface area contributed by atoms with Crippen molar-refractivity contribution in [3.8, 4) is 0 Å². The van der Waals surface area contributed by atoms with Crippen LogP contribution in [-0.2, 0) is 4.79 Å². The first-order chi connectivity index (χ1) is 7.58. The molecule has 3 unspecified atom stereocenters. The average molecular weight is 227 g/mol. The number of aliphatic hydroxyl groups excluding tert-OH is 1. The van der Waals surface area contributed by atoms with Gasteiger partial charge < -0.3 is 20.2 Å². The summed E-state index contributed by atoms with van der Waals surface area (Å²) in [5.74, 6) is 0.150. The van der Waals surface area contributed by atoms with Crippen LogP contribution in [0.15, 0.2) is 0 Å². The van der Waals surface area contributed by atoms with Crippen LogP contribution >= 0.6 is 0 Å². The summed E-state index contributed by atoms with van der Waals surface area (Å²) in [7, 11) is 2.08. The molecule has 5 heteroatoms. The summed E-state index contributed by atoms with van der Waals surface area (Å²) in [5.41, 5.74) is 0. The van der Waals surface area contributed by atoms with Crippen LogP contribution in [0.4, 0.5) is 0 Å². The van der Waals surface area contributed by atoms with E-state index in [1.165, 1.54) is 0 Å². The maximum absolute atomic E-state index is 12.2. The van der Waals surface area contributed by atoms with Crippen molar-refractivity contribution in [1.82, 2.24) is 15.1 Å². The summed E-state index contributed by atoms with van der Waals surface area (Å²) in [4.78, 5) is 16.4. The third kappa shape index (κ3) is 2.36. The van der Waals surface area contributed by atoms with Gasteiger partial charge in [0.25, 0.3) is 0 Å². The number of likely N-dealkylation sites (N-methyl/N-ethyl adjacent to an activating group) is 1. The van der Waals surface area contributed by atoms with E-state index >= 15 is 0 Å². The van der Waals surface area contributed by atoms with Crippen LogP contribution in [0.25, 0.3) is 0 Å². The second-order valence-electron chi connectivity index (χ2n) is 4.99. The number of rotatable bonds is 1. The van der Waals surface area contributed by atoms with E-state index in [0.29, 0.717) is 13.0 Å². The minimum atomic E-state index is -0.364. The lowest BCUT2D eigenvalue weighted by molar-refractivity contribution is -0.137. The number of aliphatic hydroxyl groups is 1. The molecular formula is C11H21N3O2. The van der Waals surface area contributed by atoms with E-state index in [4.69, 9.17) is 0 Å². The third-order valence-corrected chi connectivity index (χ3v) is 3.52. The SMILES string of the molecule is CC1CN(C)CCN1C(=O)C1CC(O)CN1. The van der Waals surface area contributed by atoms with Gasteiger partial charge in [-0.1, -0.05) is 0 Å². The zero-order valence-electron chi connectivity index (χ0n) is 10.0. The van der Waals surface area contributed by atoms with E-state index in [0.717, 1.165) is 19.6 Å². The number of carbonyl (C=O) groups is 1. The van der Waals surface area contributed by atoms with Gasteiger partial charge in [0.05, 0.1) is 12.1 Å². The van der Waals surface area contributed by atoms with Crippen LogP contribution in [0, 0.1) is 0 Å². The van der Waals surface area contributed by atoms with Crippen LogP contribution in [-0.4, -0.2) is 72.2 Å². The molecule has 3 atom stereocenters. The summed E-state index contributed by atoms with van der Waals surface area (Å²) in [5, 5.41) is 12.5. The molecule has 16 heavy (non-hydrogen) atoms. The summed E-state index contributed by atoms with van der Waals surface area (Å²) in [6, 6.07) is 0.0895. The molecule has 2 saturated heterocycles. The number of piperazine rings is 1. The first kappa shape index (κ1) is 11.8. The highest BCUT2D eigenvalue weighted by Gasteiger charge is 2.34. The first-order valence-corrected chi connectivity index (χ1v) is 5.98. The van der Waals surface area contributed by atoms with E-state index in [-0.39, 0.29) is 24.1 Å². The van der Waals surface area contributed by atoms with Gasteiger partial charge in [-0.2, -0.15) is 0 Å². The van der Waals surface area contributed by atoms with Gasteiger partial charge in [-0.3, -0.25) is 4.79 Å². The molecule has 0 aromatic rings. The molecule has 0 aromatic carbocycles. The predicted molar refractivity (Wildman–Crippen MR) is 61.1 cm³/mol. The molecule has 2 rings (SSSR count). The lowest BCUT2D eigenvalue weighted by atomic mass is 10.1. The zero-order valence-corrected chi connectivity index (χ0v) is 10.0. The Hall–Kier alpha value is -0.650. The summed E-state index contributed by atoms with van der Waals surface area (Å²) >= 11 is 0. The van der Waals surface area contributed by atoms with E-state index in [1.807, 2.05) is 4.90 Å². The van der Waals surface area contributed by atoms with E-state index < -0.39 is 0 Å². The van der Waals surface area contributed by atoms with Crippen LogP contribution in [0.5, 0.6) is 0 Å². The Morgan fingerprint density at radius 3 is 2.75 bits per heavy atom. The number of hydrogen-bond donors (Lipinski definition) is 2. The van der Waals surface area contributed by atoms with Crippen LogP contribution < -0.4 is 5.32 Å². The van der Waals surface area contributed by atoms with Gasteiger partial charge in [-0.25, -0.2) is 0 Å². The van der Waals surface area contributed by atoms with Crippen molar-refractivity contribution in [1.29, 1.82) is 0 Å². The highest BCUT2D eigenvalue weighted by molar-refractivity contribution is 5.82. The Bertz CT molecular complexity index is 272. The molecule has 0 aliphatic carbocycles. The van der Waals surface area contributed by atoms with Crippen molar-refractivity contribution in [3.05, 3.63) is 0 Å². The van der Waals surface area contributed by atoms with Crippen molar-refractivity contribution >= 4 is 5.91 Å². The van der Waals surface area contributed by atoms with Crippen molar-refractivity contribution < 1.29 is 9.90 Å². The van der Waals surface area contributed by atoms with Gasteiger partial charge in [0, 0.05) is 32.2 Å². The molecule has 2 N–H and O–H groups in total. The molecule has 0 spiro atoms. The van der Waals surface area contributed by atoms with Gasteiger partial charge in [0.15, 0.2) is 0 Å². The molecular weight excluding hydrogens is 206 g/mol. The van der Waals surface area contributed by atoms with Crippen molar-refractivity contribution in [2.24, 2.45) is 0 Å². The molecule has 0 radical (unpaired) electrons. The molecule has 0 saturated carbocycles. The maximum Gasteiger partial charge on any atom is 0.240 e. The second kappa shape index (κ2) is 4.69. The number of carbonyl (C=O) groups excluding carboxylic acids is 1. The van der Waals surface area contributed by atoms with E-state index in [9.17, 15) is 9.90 Å². The summed E-state index contributed by atoms with van der Waals surface area (Å²) in [6.07, 6.45) is 0.189. The number of nitrogens with zero attached hydrogens (tertiary/aromatic N) is 2. The highest BCUT2D eigenvalue weighted by atomic mass is 16.3. The van der Waals surface area contributed by atoms with Gasteiger partial charge >= 0.3 is 0 Å². The van der Waals surface area contributed by atoms with Crippen LogP contribution in [0.1, 0.15) is 13.3 Å². The lowest BCUT2D eigenvalue weighted by Gasteiger charge is -2.39. The summed E-state index contributed by atoms with van der Waals surface area (Å²) in [6.45, 7) is 5.29. The predicted octanol–water partition coefficient (Wildman–Crippen LogP) is -1.13. The molecule has 0 aromatic heterocycles. The highest BCUT2D eigenvalue weighted by Crippen LogP contribution is 2.14. The lowest BCUT2D eigenvalue weighted by Crippen LogP contribution is -2.56. The Labute approximate surface area is 96.4 Å². The minimum absolute atomic E-state index is 0.150. The molecule has 2 aliphatic heterocycles. The molecule has 0 bridgehead atoms. The Morgan fingerprint density at radius 1 is 1.44 bits per heavy atom. The summed E-state index contributed by atoms with van der Waals surface area (Å²) < 4.78 is 0. The topological polar surface area (TPSA) is 55.8 Å². The number of β-amino-alcohol motifs (C(OH)–C–C–N with tert-alkyl or cyclic N) is 1. The van der Waals surface area contributed by atoms with E-state index in [1.54, 1.807) is 0 Å². The number of amides is 1. The first-order valence-electron chi connectivity index (χ1n) is 5.98. The second-order valence-corrected chi connectivity index (χ2v) is 4.99. The smallest absolute Gasteiger partial charge is 0.240 e. The Balaban J connectivity index is 1.94. The minimum Gasteiger partial charge on any atom is -0.392 e. The average Bonchev–Trinajstić information content (AvgIpc) is 2.64. The molecule has 5 nitrogen and oxygen atoms in total. The Kier molecular flexibility index (Phi) is 3.47. The number of hydrogen-bond acceptors (Lipinski definition) is 4. The van der Waals surface area contributed by atoms with E-state index in [2.05, 4.69) is 24.2 Å². The normalized spacial score (nSPS) is 36.7. The fourth-order valence-corrected chi connectivity index (χ4v) is 2.57. The quantitative estimate of drug-likeness (QED) is 0.595. The number of nitrogens with one attached hydrogen (secondary N) is 1. The third-order valence-electron chi connectivity index (χ3n) is 3.52. The maximum atomic E-state index is 12.2. The van der Waals surface area contributed by atoms with Crippen molar-refractivity contribution in [2.75, 3.05) is 33.2 Å². The van der Waals surface area contributed by atoms with Gasteiger partial charge in [-0.05, 0) is 20.4 Å². The van der Waals surface area contributed by atoms with Gasteiger partial charge in [0.2, 0.25) is 5.91 Å². The molecule has 92 valence electrons. The largest absolute Gasteiger partial charge is 0.392 e. The molecule has 2 fully saturated rings. The standard InChI is InChI=1S/C11H21N3O2/c1-8-7-13(2)3-4-14(8)11(16)10-5-9(15)6-12-10/h8-10,12,15H,3-7H2,1-2H3. The van der Waals surface area contributed by atoms with Crippen LogP contribution in [0.2, 0.25) is 0 Å². The zero-order chi connectivity index (χ0) is 11.7. The monoisotopic (exact) mass is 227 g/mol. The van der Waals surface area contributed by atoms with Crippen molar-refractivity contribution in [3.63, 3.8) is 0 Å². The molecule has 2 aliphatic rings. The Morgan fingerprint density at radius 2 is 2.19 bits per heavy atom. The fourth-order valence-electron chi connectivity index (χ4n) is 2.57. The fraction of sp³-hybridized carbons (Fsp3) is 0.909. The van der Waals surface area contributed by atoms with Gasteiger partial charge in [0.1, 0.15) is 0 Å². The molecule has 2 heterocycles. The van der Waals surface area contributed by atoms with Crippen molar-refractivity contribution in [2.45, 2.75) is 31.5 Å².